The first-order valence-electron chi connectivity index (χ1n) is 10.3. The van der Waals surface area contributed by atoms with Crippen LogP contribution in [0, 0.1) is 0 Å². The first-order valence-corrected chi connectivity index (χ1v) is 11.1. The van der Waals surface area contributed by atoms with E-state index in [-0.39, 0.29) is 12.2 Å². The highest BCUT2D eigenvalue weighted by Gasteiger charge is 2.27. The van der Waals surface area contributed by atoms with Crippen molar-refractivity contribution in [1.82, 2.24) is 15.0 Å². The van der Waals surface area contributed by atoms with Gasteiger partial charge in [-0.1, -0.05) is 0 Å². The van der Waals surface area contributed by atoms with E-state index < -0.39 is 0 Å². The van der Waals surface area contributed by atoms with Crippen LogP contribution in [0.1, 0.15) is 13.8 Å². The molecule has 9 heteroatoms. The molecule has 0 bridgehead atoms. The van der Waals surface area contributed by atoms with Crippen molar-refractivity contribution in [3.05, 3.63) is 24.4 Å². The molecule has 5 rings (SSSR count). The smallest absolute Gasteiger partial charge is 0.228 e. The number of nitrogens with two attached hydrogens (primary N) is 1. The zero-order valence-electron chi connectivity index (χ0n) is 17.2. The molecule has 3 aromatic rings. The molecule has 0 spiro atoms. The summed E-state index contributed by atoms with van der Waals surface area (Å²) in [6.07, 6.45) is 2.12. The second kappa shape index (κ2) is 7.98. The standard InChI is InChI=1S/C21H26N6O2S/c1-13-11-27(12-14(2)29-13)21-24-16-9-17(15-3-4-18(22)23-10-15)30-19(16)20(25-21)26-5-7-28-8-6-26/h3-4,9-10,13-14H,5-8,11-12H2,1-2H3,(H2,22,23)/t13-,14+. The summed E-state index contributed by atoms with van der Waals surface area (Å²) < 4.78 is 12.6. The highest BCUT2D eigenvalue weighted by atomic mass is 32.1. The van der Waals surface area contributed by atoms with E-state index in [2.05, 4.69) is 34.7 Å². The molecule has 0 aromatic carbocycles. The molecule has 2 aliphatic heterocycles. The van der Waals surface area contributed by atoms with Crippen LogP contribution in [0.4, 0.5) is 17.6 Å². The van der Waals surface area contributed by atoms with Crippen LogP contribution in [0.25, 0.3) is 20.7 Å². The van der Waals surface area contributed by atoms with Crippen molar-refractivity contribution in [2.45, 2.75) is 26.1 Å². The minimum Gasteiger partial charge on any atom is -0.384 e. The number of aromatic nitrogens is 3. The number of nitrogens with zero attached hydrogens (tertiary/aromatic N) is 5. The Bertz CT molecular complexity index is 1020. The Morgan fingerprint density at radius 3 is 2.53 bits per heavy atom. The third kappa shape index (κ3) is 3.80. The molecule has 3 aromatic heterocycles. The molecule has 0 radical (unpaired) electrons. The molecule has 0 aliphatic carbocycles. The highest BCUT2D eigenvalue weighted by Crippen LogP contribution is 2.38. The summed E-state index contributed by atoms with van der Waals surface area (Å²) in [7, 11) is 0. The van der Waals surface area contributed by atoms with Gasteiger partial charge in [0.05, 0.1) is 35.6 Å². The summed E-state index contributed by atoms with van der Waals surface area (Å²) >= 11 is 1.70. The normalized spacial score (nSPS) is 22.6. The number of pyridine rings is 1. The molecule has 2 fully saturated rings. The molecule has 8 nitrogen and oxygen atoms in total. The molecule has 0 amide bonds. The van der Waals surface area contributed by atoms with Crippen molar-refractivity contribution < 1.29 is 9.47 Å². The third-order valence-electron chi connectivity index (χ3n) is 5.43. The number of morpholine rings is 2. The fourth-order valence-electron chi connectivity index (χ4n) is 4.07. The minimum absolute atomic E-state index is 0.152. The average Bonchev–Trinajstić information content (AvgIpc) is 3.17. The van der Waals surface area contributed by atoms with Gasteiger partial charge in [0.2, 0.25) is 5.95 Å². The number of fused-ring (bicyclic) bond motifs is 1. The minimum atomic E-state index is 0.152. The Morgan fingerprint density at radius 2 is 1.83 bits per heavy atom. The Balaban J connectivity index is 1.60. The number of nitrogen functional groups attached to an aromatic ring is 1. The molecule has 0 saturated carbocycles. The quantitative estimate of drug-likeness (QED) is 0.684. The Kier molecular flexibility index (Phi) is 5.18. The molecule has 158 valence electrons. The van der Waals surface area contributed by atoms with E-state index in [9.17, 15) is 0 Å². The number of rotatable bonds is 3. The van der Waals surface area contributed by atoms with E-state index >= 15 is 0 Å². The lowest BCUT2D eigenvalue weighted by Gasteiger charge is -2.36. The van der Waals surface area contributed by atoms with Gasteiger partial charge in [-0.2, -0.15) is 4.98 Å². The molecule has 2 aliphatic rings. The lowest BCUT2D eigenvalue weighted by atomic mass is 10.2. The maximum Gasteiger partial charge on any atom is 0.228 e. The first-order chi connectivity index (χ1) is 14.6. The first kappa shape index (κ1) is 19.5. The maximum atomic E-state index is 5.90. The maximum absolute atomic E-state index is 5.90. The van der Waals surface area contributed by atoms with Gasteiger partial charge in [0.25, 0.3) is 0 Å². The van der Waals surface area contributed by atoms with Crippen molar-refractivity contribution in [3.8, 4) is 10.4 Å². The highest BCUT2D eigenvalue weighted by molar-refractivity contribution is 7.22. The number of anilines is 3. The van der Waals surface area contributed by atoms with Crippen molar-refractivity contribution in [3.63, 3.8) is 0 Å². The largest absolute Gasteiger partial charge is 0.384 e. The Morgan fingerprint density at radius 1 is 1.07 bits per heavy atom. The predicted molar refractivity (Wildman–Crippen MR) is 120 cm³/mol. The van der Waals surface area contributed by atoms with Gasteiger partial charge in [0.15, 0.2) is 5.82 Å². The van der Waals surface area contributed by atoms with E-state index in [1.165, 1.54) is 0 Å². The molecule has 2 saturated heterocycles. The molecule has 5 heterocycles. The summed E-state index contributed by atoms with van der Waals surface area (Å²) in [6.45, 7) is 8.87. The Hall–Kier alpha value is -2.49. The van der Waals surface area contributed by atoms with Crippen LogP contribution in [0.2, 0.25) is 0 Å². The second-order valence-electron chi connectivity index (χ2n) is 7.91. The topological polar surface area (TPSA) is 89.6 Å². The van der Waals surface area contributed by atoms with Gasteiger partial charge in [-0.25, -0.2) is 9.97 Å². The predicted octanol–water partition coefficient (Wildman–Crippen LogP) is 2.79. The zero-order chi connectivity index (χ0) is 20.7. The summed E-state index contributed by atoms with van der Waals surface area (Å²) in [5.41, 5.74) is 7.76. The van der Waals surface area contributed by atoms with Gasteiger partial charge in [0.1, 0.15) is 5.82 Å². The third-order valence-corrected chi connectivity index (χ3v) is 6.60. The SMILES string of the molecule is C[C@@H]1CN(c2nc(N3CCOCC3)c3sc(-c4ccc(N)nc4)cc3n2)C[C@H](C)O1. The van der Waals surface area contributed by atoms with Crippen LogP contribution < -0.4 is 15.5 Å². The van der Waals surface area contributed by atoms with Crippen LogP contribution in [0.15, 0.2) is 24.4 Å². The monoisotopic (exact) mass is 426 g/mol. The number of hydrogen-bond acceptors (Lipinski definition) is 9. The van der Waals surface area contributed by atoms with Gasteiger partial charge in [-0.15, -0.1) is 11.3 Å². The van der Waals surface area contributed by atoms with Crippen LogP contribution in [0.5, 0.6) is 0 Å². The molecule has 2 N–H and O–H groups in total. The number of thiophene rings is 1. The fraction of sp³-hybridized carbons (Fsp3) is 0.476. The van der Waals surface area contributed by atoms with Crippen LogP contribution in [-0.4, -0.2) is 66.6 Å². The molecule has 0 unspecified atom stereocenters. The zero-order valence-corrected chi connectivity index (χ0v) is 18.1. The Labute approximate surface area is 179 Å². The molecule has 2 atom stereocenters. The van der Waals surface area contributed by atoms with Gasteiger partial charge in [0, 0.05) is 42.8 Å². The number of hydrogen-bond donors (Lipinski definition) is 1. The van der Waals surface area contributed by atoms with E-state index in [4.69, 9.17) is 25.2 Å². The van der Waals surface area contributed by atoms with Crippen LogP contribution in [0.3, 0.4) is 0 Å². The molecular formula is C21H26N6O2S. The molecule has 30 heavy (non-hydrogen) atoms. The summed E-state index contributed by atoms with van der Waals surface area (Å²) in [4.78, 5) is 19.9. The van der Waals surface area contributed by atoms with Gasteiger partial charge < -0.3 is 25.0 Å². The lowest BCUT2D eigenvalue weighted by molar-refractivity contribution is -0.00569. The van der Waals surface area contributed by atoms with Crippen LogP contribution >= 0.6 is 11.3 Å². The lowest BCUT2D eigenvalue weighted by Crippen LogP contribution is -2.46. The summed E-state index contributed by atoms with van der Waals surface area (Å²) in [5, 5.41) is 0. The van der Waals surface area contributed by atoms with Crippen molar-refractivity contribution in [2.75, 3.05) is 54.9 Å². The van der Waals surface area contributed by atoms with Gasteiger partial charge >= 0.3 is 0 Å². The van der Waals surface area contributed by atoms with Crippen molar-refractivity contribution >= 4 is 39.1 Å². The van der Waals surface area contributed by atoms with E-state index in [1.54, 1.807) is 11.3 Å². The average molecular weight is 427 g/mol. The second-order valence-corrected chi connectivity index (χ2v) is 8.96. The van der Waals surface area contributed by atoms with Gasteiger partial charge in [-0.05, 0) is 32.0 Å². The van der Waals surface area contributed by atoms with Crippen LogP contribution in [-0.2, 0) is 9.47 Å². The summed E-state index contributed by atoms with van der Waals surface area (Å²) in [5.74, 6) is 2.28. The van der Waals surface area contributed by atoms with Crippen molar-refractivity contribution in [1.29, 1.82) is 0 Å². The van der Waals surface area contributed by atoms with E-state index in [0.717, 1.165) is 58.6 Å². The number of ether oxygens (including phenoxy) is 2. The summed E-state index contributed by atoms with van der Waals surface area (Å²) in [6, 6.07) is 5.97. The van der Waals surface area contributed by atoms with E-state index in [1.807, 2.05) is 18.3 Å². The van der Waals surface area contributed by atoms with Crippen molar-refractivity contribution in [2.24, 2.45) is 0 Å². The fourth-order valence-corrected chi connectivity index (χ4v) is 5.17. The molecular weight excluding hydrogens is 400 g/mol. The van der Waals surface area contributed by atoms with Gasteiger partial charge in [-0.3, -0.25) is 0 Å². The van der Waals surface area contributed by atoms with E-state index in [0.29, 0.717) is 19.0 Å².